The Kier molecular flexibility index (Phi) is 8.72. The Balaban J connectivity index is 0.000000315. The van der Waals surface area contributed by atoms with Crippen LogP contribution in [0, 0.1) is 0 Å². The number of benzene rings is 1. The van der Waals surface area contributed by atoms with Crippen LogP contribution in [0.15, 0.2) is 36.4 Å². The molecule has 0 amide bonds. The predicted octanol–water partition coefficient (Wildman–Crippen LogP) is 3.13. The fourth-order valence-electron chi connectivity index (χ4n) is 0.843. The fraction of sp³-hybridized carbons (Fsp3) is 0.364. The van der Waals surface area contributed by atoms with Gasteiger partial charge in [-0.05, 0) is 13.8 Å². The lowest BCUT2D eigenvalue weighted by atomic mass is 10.4. The Morgan fingerprint density at radius 2 is 1.25 bits per heavy atom. The van der Waals surface area contributed by atoms with E-state index < -0.39 is 7.60 Å². The first-order valence-corrected chi connectivity index (χ1v) is 6.65. The van der Waals surface area contributed by atoms with Crippen LogP contribution in [0.3, 0.4) is 0 Å². The standard InChI is InChI=1S/C6H6.C5H11O4P/c1-2-4-6-5-3-1;1-3-8-10(7,5-6)9-4-2/h1-6H;5H,3-4H2,1-2H3. The van der Waals surface area contributed by atoms with E-state index in [1.54, 1.807) is 13.8 Å². The molecule has 0 aliphatic rings. The van der Waals surface area contributed by atoms with E-state index in [0.717, 1.165) is 0 Å². The second-order valence-corrected chi connectivity index (χ2v) is 4.44. The molecule has 0 N–H and O–H groups in total. The van der Waals surface area contributed by atoms with Crippen LogP contribution in [-0.2, 0) is 18.4 Å². The summed E-state index contributed by atoms with van der Waals surface area (Å²) in [6, 6.07) is 12.2. The van der Waals surface area contributed by atoms with Crippen molar-refractivity contribution in [3.8, 4) is 0 Å². The molecule has 1 rings (SSSR count). The summed E-state index contributed by atoms with van der Waals surface area (Å²) in [5.74, 6) is 0. The van der Waals surface area contributed by atoms with Crippen molar-refractivity contribution in [3.05, 3.63) is 36.4 Å². The minimum atomic E-state index is -3.38. The summed E-state index contributed by atoms with van der Waals surface area (Å²) in [4.78, 5) is 10.1. The van der Waals surface area contributed by atoms with Crippen molar-refractivity contribution in [3.63, 3.8) is 0 Å². The number of carbonyl (C=O) groups excluding carboxylic acids is 1. The van der Waals surface area contributed by atoms with Gasteiger partial charge in [0.2, 0.25) is 6.03 Å². The molecule has 0 fully saturated rings. The fourth-order valence-corrected chi connectivity index (χ4v) is 1.76. The molecule has 0 unspecified atom stereocenters. The lowest BCUT2D eigenvalue weighted by molar-refractivity contribution is 0.231. The smallest absolute Gasteiger partial charge is 0.304 e. The summed E-state index contributed by atoms with van der Waals surface area (Å²) in [6.07, 6.45) is 0. The van der Waals surface area contributed by atoms with E-state index in [0.29, 0.717) is 0 Å². The second kappa shape index (κ2) is 9.28. The molecule has 5 heteroatoms. The summed E-state index contributed by atoms with van der Waals surface area (Å²) in [7, 11) is -3.38. The maximum absolute atomic E-state index is 11.0. The molecule has 4 nitrogen and oxygen atoms in total. The first kappa shape index (κ1) is 15.0. The molecule has 0 bridgehead atoms. The average molecular weight is 244 g/mol. The highest BCUT2D eigenvalue weighted by Crippen LogP contribution is 2.44. The molecular weight excluding hydrogens is 227 g/mol. The first-order valence-electron chi connectivity index (χ1n) is 5.03. The molecule has 1 aromatic carbocycles. The first-order chi connectivity index (χ1) is 7.68. The summed E-state index contributed by atoms with van der Waals surface area (Å²) in [5, 5.41) is 0. The maximum atomic E-state index is 11.0. The van der Waals surface area contributed by atoms with Crippen molar-refractivity contribution >= 4 is 13.6 Å². The quantitative estimate of drug-likeness (QED) is 0.589. The molecule has 0 heterocycles. The third-order valence-electron chi connectivity index (χ3n) is 1.41. The molecule has 16 heavy (non-hydrogen) atoms. The molecule has 1 aromatic rings. The van der Waals surface area contributed by atoms with Crippen molar-refractivity contribution in [2.24, 2.45) is 0 Å². The van der Waals surface area contributed by atoms with Crippen LogP contribution in [0.1, 0.15) is 13.8 Å². The van der Waals surface area contributed by atoms with E-state index in [1.807, 2.05) is 36.4 Å². The molecular formula is C11H17O4P. The topological polar surface area (TPSA) is 52.6 Å². The van der Waals surface area contributed by atoms with Gasteiger partial charge < -0.3 is 9.05 Å². The van der Waals surface area contributed by atoms with Gasteiger partial charge in [-0.1, -0.05) is 36.4 Å². The predicted molar refractivity (Wildman–Crippen MR) is 64.1 cm³/mol. The SMILES string of the molecule is CCOP(=O)(C=O)OCC.c1ccccc1. The molecule has 0 saturated heterocycles. The Labute approximate surface area is 96.1 Å². The van der Waals surface area contributed by atoms with Crippen molar-refractivity contribution < 1.29 is 18.4 Å². The van der Waals surface area contributed by atoms with Gasteiger partial charge in [0.05, 0.1) is 13.2 Å². The van der Waals surface area contributed by atoms with Crippen LogP contribution in [0.2, 0.25) is 0 Å². The van der Waals surface area contributed by atoms with Crippen LogP contribution < -0.4 is 0 Å². The van der Waals surface area contributed by atoms with Crippen LogP contribution in [0.25, 0.3) is 0 Å². The number of hydrogen-bond donors (Lipinski definition) is 0. The Bertz CT molecular complexity index is 276. The number of rotatable bonds is 5. The molecule has 0 spiro atoms. The lowest BCUT2D eigenvalue weighted by Crippen LogP contribution is -1.95. The summed E-state index contributed by atoms with van der Waals surface area (Å²) in [6.45, 7) is 3.73. The van der Waals surface area contributed by atoms with Crippen molar-refractivity contribution in [2.45, 2.75) is 13.8 Å². The van der Waals surface area contributed by atoms with E-state index in [2.05, 4.69) is 9.05 Å². The van der Waals surface area contributed by atoms with Crippen LogP contribution in [-0.4, -0.2) is 19.2 Å². The van der Waals surface area contributed by atoms with Crippen molar-refractivity contribution in [1.82, 2.24) is 0 Å². The summed E-state index contributed by atoms with van der Waals surface area (Å²) in [5.41, 5.74) is 0. The minimum absolute atomic E-state index is 0.218. The molecule has 0 radical (unpaired) electrons. The van der Waals surface area contributed by atoms with Gasteiger partial charge in [-0.25, -0.2) is 0 Å². The number of carbonyl (C=O) groups is 1. The number of hydrogen-bond acceptors (Lipinski definition) is 4. The van der Waals surface area contributed by atoms with E-state index in [9.17, 15) is 9.36 Å². The summed E-state index contributed by atoms with van der Waals surface area (Å²) >= 11 is 0. The summed E-state index contributed by atoms with van der Waals surface area (Å²) < 4.78 is 20.1. The maximum Gasteiger partial charge on any atom is 0.393 e. The molecule has 0 aliphatic heterocycles. The normalized spacial score (nSPS) is 10.1. The molecule has 0 saturated carbocycles. The molecule has 0 atom stereocenters. The highest BCUT2D eigenvalue weighted by molar-refractivity contribution is 7.69. The van der Waals surface area contributed by atoms with E-state index in [-0.39, 0.29) is 19.2 Å². The van der Waals surface area contributed by atoms with Crippen LogP contribution in [0.4, 0.5) is 0 Å². The largest absolute Gasteiger partial charge is 0.393 e. The second-order valence-electron chi connectivity index (χ2n) is 2.64. The molecule has 0 aromatic heterocycles. The van der Waals surface area contributed by atoms with E-state index >= 15 is 0 Å². The Morgan fingerprint density at radius 3 is 1.44 bits per heavy atom. The minimum Gasteiger partial charge on any atom is -0.304 e. The Morgan fingerprint density at radius 1 is 0.938 bits per heavy atom. The highest BCUT2D eigenvalue weighted by atomic mass is 31.2. The average Bonchev–Trinajstić information content (AvgIpc) is 2.33. The zero-order valence-electron chi connectivity index (χ0n) is 9.54. The van der Waals surface area contributed by atoms with Gasteiger partial charge in [-0.3, -0.25) is 9.36 Å². The van der Waals surface area contributed by atoms with Gasteiger partial charge in [-0.2, -0.15) is 0 Å². The van der Waals surface area contributed by atoms with Gasteiger partial charge >= 0.3 is 7.60 Å². The van der Waals surface area contributed by atoms with Gasteiger partial charge in [0, 0.05) is 0 Å². The van der Waals surface area contributed by atoms with Crippen molar-refractivity contribution in [2.75, 3.05) is 13.2 Å². The highest BCUT2D eigenvalue weighted by Gasteiger charge is 2.21. The molecule has 90 valence electrons. The van der Waals surface area contributed by atoms with Gasteiger partial charge in [0.25, 0.3) is 0 Å². The van der Waals surface area contributed by atoms with E-state index in [1.165, 1.54) is 0 Å². The monoisotopic (exact) mass is 244 g/mol. The lowest BCUT2D eigenvalue weighted by Gasteiger charge is -2.08. The Hall–Kier alpha value is -0.960. The van der Waals surface area contributed by atoms with Gasteiger partial charge in [0.1, 0.15) is 0 Å². The molecule has 0 aliphatic carbocycles. The van der Waals surface area contributed by atoms with Crippen LogP contribution >= 0.6 is 7.60 Å². The zero-order chi connectivity index (χ0) is 12.3. The van der Waals surface area contributed by atoms with Gasteiger partial charge in [-0.15, -0.1) is 0 Å². The van der Waals surface area contributed by atoms with Crippen molar-refractivity contribution in [1.29, 1.82) is 0 Å². The van der Waals surface area contributed by atoms with E-state index in [4.69, 9.17) is 0 Å². The van der Waals surface area contributed by atoms with Crippen LogP contribution in [0.5, 0.6) is 0 Å². The third-order valence-corrected chi connectivity index (χ3v) is 2.91. The van der Waals surface area contributed by atoms with Gasteiger partial charge in [0.15, 0.2) is 0 Å². The zero-order valence-corrected chi connectivity index (χ0v) is 10.4. The third kappa shape index (κ3) is 7.35.